The van der Waals surface area contributed by atoms with Crippen LogP contribution in [0.1, 0.15) is 12.8 Å². The molecule has 0 aliphatic carbocycles. The summed E-state index contributed by atoms with van der Waals surface area (Å²) >= 11 is 0. The molecule has 1 fully saturated rings. The van der Waals surface area contributed by atoms with Crippen LogP contribution in [0.4, 0.5) is 0 Å². The Bertz CT molecular complexity index is 782. The lowest BCUT2D eigenvalue weighted by Gasteiger charge is -2.22. The number of aromatic nitrogens is 2. The highest BCUT2D eigenvalue weighted by molar-refractivity contribution is 7.89. The van der Waals surface area contributed by atoms with Crippen molar-refractivity contribution in [3.05, 3.63) is 36.7 Å². The lowest BCUT2D eigenvalue weighted by atomic mass is 10.0. The van der Waals surface area contributed by atoms with Crippen molar-refractivity contribution in [2.24, 2.45) is 5.92 Å². The Morgan fingerprint density at radius 3 is 3.00 bits per heavy atom. The fourth-order valence-electron chi connectivity index (χ4n) is 2.80. The number of nitrogens with zero attached hydrogens (tertiary/aromatic N) is 2. The van der Waals surface area contributed by atoms with Gasteiger partial charge in [-0.25, -0.2) is 17.8 Å². The molecule has 0 amide bonds. The molecule has 2 N–H and O–H groups in total. The Hall–Kier alpha value is -1.90. The number of piperidine rings is 1. The van der Waals surface area contributed by atoms with Gasteiger partial charge in [-0.15, -0.1) is 0 Å². The summed E-state index contributed by atoms with van der Waals surface area (Å²) < 4.78 is 34.4. The maximum Gasteiger partial charge on any atom is 0.243 e. The molecule has 1 aliphatic rings. The van der Waals surface area contributed by atoms with Crippen molar-refractivity contribution >= 4 is 10.0 Å². The molecule has 0 spiro atoms. The molecule has 1 aromatic heterocycles. The summed E-state index contributed by atoms with van der Waals surface area (Å²) in [4.78, 5) is 0.150. The Balaban J connectivity index is 1.74. The molecule has 1 saturated heterocycles. The summed E-state index contributed by atoms with van der Waals surface area (Å²) in [7, 11) is -2.00. The summed E-state index contributed by atoms with van der Waals surface area (Å²) in [5.41, 5.74) is 0.693. The van der Waals surface area contributed by atoms with Crippen molar-refractivity contribution in [3.63, 3.8) is 0 Å². The molecule has 8 heteroatoms. The molecular weight excluding hydrogens is 328 g/mol. The van der Waals surface area contributed by atoms with Gasteiger partial charge in [0.25, 0.3) is 0 Å². The minimum Gasteiger partial charge on any atom is -0.494 e. The standard InChI is InChI=1S/C16H22N4O3S/c1-23-16-7-3-2-6-15(16)20-12-14(11-18-20)24(21,22)19-10-13-5-4-8-17-9-13/h2-3,6-7,11-13,17,19H,4-5,8-10H2,1H3/t13-/m0/s1. The lowest BCUT2D eigenvalue weighted by Crippen LogP contribution is -2.38. The molecule has 1 aromatic carbocycles. The molecule has 24 heavy (non-hydrogen) atoms. The van der Waals surface area contributed by atoms with E-state index < -0.39 is 10.0 Å². The third-order valence-corrected chi connectivity index (χ3v) is 5.54. The second kappa shape index (κ2) is 7.33. The maximum atomic E-state index is 12.5. The van der Waals surface area contributed by atoms with Crippen LogP contribution < -0.4 is 14.8 Å². The van der Waals surface area contributed by atoms with Crippen molar-refractivity contribution in [1.29, 1.82) is 0 Å². The molecule has 1 aliphatic heterocycles. The Morgan fingerprint density at radius 1 is 1.42 bits per heavy atom. The molecule has 0 unspecified atom stereocenters. The molecule has 0 saturated carbocycles. The zero-order valence-electron chi connectivity index (χ0n) is 13.6. The highest BCUT2D eigenvalue weighted by Crippen LogP contribution is 2.22. The first-order valence-corrected chi connectivity index (χ1v) is 9.47. The fourth-order valence-corrected chi connectivity index (χ4v) is 3.85. The second-order valence-corrected chi connectivity index (χ2v) is 7.62. The van der Waals surface area contributed by atoms with E-state index in [0.717, 1.165) is 25.9 Å². The number of para-hydroxylation sites is 2. The molecule has 0 radical (unpaired) electrons. The summed E-state index contributed by atoms with van der Waals surface area (Å²) in [6, 6.07) is 7.33. The number of ether oxygens (including phenoxy) is 1. The van der Waals surface area contributed by atoms with E-state index in [0.29, 0.717) is 23.9 Å². The molecular formula is C16H22N4O3S. The normalized spacial score (nSPS) is 18.5. The fraction of sp³-hybridized carbons (Fsp3) is 0.438. The average molecular weight is 350 g/mol. The predicted octanol–water partition coefficient (Wildman–Crippen LogP) is 1.16. The maximum absolute atomic E-state index is 12.5. The molecule has 130 valence electrons. The molecule has 1 atom stereocenters. The van der Waals surface area contributed by atoms with Gasteiger partial charge >= 0.3 is 0 Å². The van der Waals surface area contributed by atoms with E-state index in [-0.39, 0.29) is 4.90 Å². The van der Waals surface area contributed by atoms with E-state index in [1.54, 1.807) is 13.2 Å². The van der Waals surface area contributed by atoms with Crippen LogP contribution in [0.25, 0.3) is 5.69 Å². The van der Waals surface area contributed by atoms with Gasteiger partial charge in [0.1, 0.15) is 16.3 Å². The van der Waals surface area contributed by atoms with Gasteiger partial charge < -0.3 is 10.1 Å². The molecule has 0 bridgehead atoms. The van der Waals surface area contributed by atoms with Crippen molar-refractivity contribution in [1.82, 2.24) is 19.8 Å². The molecule has 3 rings (SSSR count). The third-order valence-electron chi connectivity index (χ3n) is 4.16. The van der Waals surface area contributed by atoms with E-state index >= 15 is 0 Å². The first-order valence-electron chi connectivity index (χ1n) is 7.98. The molecule has 7 nitrogen and oxygen atoms in total. The van der Waals surface area contributed by atoms with Crippen LogP contribution in [-0.4, -0.2) is 44.9 Å². The zero-order chi connectivity index (χ0) is 17.0. The highest BCUT2D eigenvalue weighted by Gasteiger charge is 2.20. The minimum absolute atomic E-state index is 0.150. The van der Waals surface area contributed by atoms with Crippen molar-refractivity contribution in [3.8, 4) is 11.4 Å². The Kier molecular flexibility index (Phi) is 5.17. The summed E-state index contributed by atoms with van der Waals surface area (Å²) in [6.07, 6.45) is 4.97. The van der Waals surface area contributed by atoms with Gasteiger partial charge in [-0.1, -0.05) is 12.1 Å². The lowest BCUT2D eigenvalue weighted by molar-refractivity contribution is 0.376. The van der Waals surface area contributed by atoms with E-state index in [2.05, 4.69) is 15.1 Å². The zero-order valence-corrected chi connectivity index (χ0v) is 14.4. The summed E-state index contributed by atoms with van der Waals surface area (Å²) in [5, 5.41) is 7.45. The SMILES string of the molecule is COc1ccccc1-n1cc(S(=O)(=O)NC[C@H]2CCCNC2)cn1. The topological polar surface area (TPSA) is 85.2 Å². The van der Waals surface area contributed by atoms with E-state index in [1.807, 2.05) is 18.2 Å². The predicted molar refractivity (Wildman–Crippen MR) is 90.9 cm³/mol. The number of benzene rings is 1. The number of nitrogens with one attached hydrogen (secondary N) is 2. The molecule has 2 heterocycles. The van der Waals surface area contributed by atoms with Gasteiger partial charge in [-0.2, -0.15) is 5.10 Å². The van der Waals surface area contributed by atoms with Crippen LogP contribution in [0.5, 0.6) is 5.75 Å². The van der Waals surface area contributed by atoms with Gasteiger partial charge in [0.2, 0.25) is 10.0 Å². The van der Waals surface area contributed by atoms with Crippen LogP contribution in [0, 0.1) is 5.92 Å². The van der Waals surface area contributed by atoms with Crippen LogP contribution in [0.3, 0.4) is 0 Å². The van der Waals surface area contributed by atoms with Crippen molar-refractivity contribution in [2.75, 3.05) is 26.7 Å². The monoisotopic (exact) mass is 350 g/mol. The average Bonchev–Trinajstić information content (AvgIpc) is 3.12. The number of hydrogen-bond acceptors (Lipinski definition) is 5. The minimum atomic E-state index is -3.57. The van der Waals surface area contributed by atoms with Gasteiger partial charge in [-0.3, -0.25) is 0 Å². The van der Waals surface area contributed by atoms with Crippen molar-refractivity contribution in [2.45, 2.75) is 17.7 Å². The summed E-state index contributed by atoms with van der Waals surface area (Å²) in [6.45, 7) is 2.30. The van der Waals surface area contributed by atoms with Gasteiger partial charge in [0.15, 0.2) is 0 Å². The van der Waals surface area contributed by atoms with Crippen molar-refractivity contribution < 1.29 is 13.2 Å². The number of hydrogen-bond donors (Lipinski definition) is 2. The second-order valence-electron chi connectivity index (χ2n) is 5.86. The Morgan fingerprint density at radius 2 is 2.25 bits per heavy atom. The van der Waals surface area contributed by atoms with Crippen LogP contribution in [0.15, 0.2) is 41.6 Å². The number of methoxy groups -OCH3 is 1. The quantitative estimate of drug-likeness (QED) is 0.817. The van der Waals surface area contributed by atoms with Crippen LogP contribution in [-0.2, 0) is 10.0 Å². The Labute approximate surface area is 142 Å². The molecule has 2 aromatic rings. The highest BCUT2D eigenvalue weighted by atomic mass is 32.2. The smallest absolute Gasteiger partial charge is 0.243 e. The van der Waals surface area contributed by atoms with Gasteiger partial charge in [0.05, 0.1) is 19.5 Å². The number of sulfonamides is 1. The van der Waals surface area contributed by atoms with Gasteiger partial charge in [-0.05, 0) is 44.0 Å². The van der Waals surface area contributed by atoms with E-state index in [4.69, 9.17) is 4.74 Å². The summed E-state index contributed by atoms with van der Waals surface area (Å²) in [5.74, 6) is 0.962. The van der Waals surface area contributed by atoms with Gasteiger partial charge in [0, 0.05) is 6.54 Å². The number of rotatable bonds is 6. The first kappa shape index (κ1) is 16.9. The largest absolute Gasteiger partial charge is 0.494 e. The van der Waals surface area contributed by atoms with Crippen LogP contribution >= 0.6 is 0 Å². The van der Waals surface area contributed by atoms with Crippen LogP contribution in [0.2, 0.25) is 0 Å². The van der Waals surface area contributed by atoms with E-state index in [1.165, 1.54) is 17.1 Å². The third kappa shape index (κ3) is 3.77. The van der Waals surface area contributed by atoms with E-state index in [9.17, 15) is 8.42 Å². The first-order chi connectivity index (χ1) is 11.6.